The molecule has 0 aliphatic carbocycles. The Balaban J connectivity index is 2.45. The first kappa shape index (κ1) is 14.3. The molecule has 0 spiro atoms. The maximum atomic E-state index is 11.0. The van der Waals surface area contributed by atoms with Crippen LogP contribution in [-0.2, 0) is 0 Å². The van der Waals surface area contributed by atoms with Crippen LogP contribution in [0.5, 0.6) is 0 Å². The number of nitrogens with two attached hydrogens (primary N) is 1. The topological polar surface area (TPSA) is 99.3 Å². The number of hydrogen-bond acceptors (Lipinski definition) is 5. The third kappa shape index (κ3) is 2.89. The summed E-state index contributed by atoms with van der Waals surface area (Å²) in [7, 11) is 0. The molecular weight excluding hydrogens is 305 g/mol. The van der Waals surface area contributed by atoms with Crippen LogP contribution in [-0.4, -0.2) is 20.8 Å². The van der Waals surface area contributed by atoms with E-state index in [4.69, 9.17) is 28.9 Å². The highest BCUT2D eigenvalue weighted by molar-refractivity contribution is 6.42. The zero-order valence-electron chi connectivity index (χ0n) is 10.2. The van der Waals surface area contributed by atoms with Crippen molar-refractivity contribution in [2.45, 2.75) is 6.92 Å². The van der Waals surface area contributed by atoms with E-state index >= 15 is 0 Å². The first-order chi connectivity index (χ1) is 9.38. The van der Waals surface area contributed by atoms with Gasteiger partial charge < -0.3 is 5.73 Å². The highest BCUT2D eigenvalue weighted by Gasteiger charge is 2.15. The molecule has 0 aliphatic rings. The number of benzene rings is 1. The molecule has 20 heavy (non-hydrogen) atoms. The fourth-order valence-electron chi connectivity index (χ4n) is 1.53. The van der Waals surface area contributed by atoms with Gasteiger partial charge in [0.05, 0.1) is 38.6 Å². The monoisotopic (exact) mass is 313 g/mol. The van der Waals surface area contributed by atoms with Gasteiger partial charge in [-0.15, -0.1) is 0 Å². The molecule has 2 N–H and O–H groups in total. The van der Waals surface area contributed by atoms with Crippen molar-refractivity contribution < 1.29 is 4.92 Å². The summed E-state index contributed by atoms with van der Waals surface area (Å²) in [6.45, 7) is 1.75. The maximum Gasteiger partial charge on any atom is 0.279 e. The number of nitro groups is 1. The molecule has 2 rings (SSSR count). The highest BCUT2D eigenvalue weighted by Crippen LogP contribution is 2.29. The summed E-state index contributed by atoms with van der Waals surface area (Å²) >= 11 is 11.6. The summed E-state index contributed by atoms with van der Waals surface area (Å²) in [4.78, 5) is 14.4. The van der Waals surface area contributed by atoms with Crippen LogP contribution in [0.15, 0.2) is 23.4 Å². The van der Waals surface area contributed by atoms with E-state index in [0.717, 1.165) is 0 Å². The van der Waals surface area contributed by atoms with Crippen molar-refractivity contribution in [1.82, 2.24) is 9.66 Å². The van der Waals surface area contributed by atoms with Crippen LogP contribution >= 0.6 is 23.2 Å². The summed E-state index contributed by atoms with van der Waals surface area (Å²) in [6, 6.07) is 2.54. The molecule has 0 atom stereocenters. The molecule has 1 heterocycles. The lowest BCUT2D eigenvalue weighted by atomic mass is 10.2. The lowest BCUT2D eigenvalue weighted by Crippen LogP contribution is -1.99. The van der Waals surface area contributed by atoms with Gasteiger partial charge in [0.2, 0.25) is 5.95 Å². The van der Waals surface area contributed by atoms with Crippen LogP contribution in [0.2, 0.25) is 10.0 Å². The van der Waals surface area contributed by atoms with Gasteiger partial charge in [-0.2, -0.15) is 5.10 Å². The molecule has 0 amide bonds. The SMILES string of the molecule is Cc1cn(N=Cc2cc(Cl)c(Cl)cc2[N+](=O)[O-])c(N)n1. The van der Waals surface area contributed by atoms with Gasteiger partial charge in [-0.1, -0.05) is 23.2 Å². The Morgan fingerprint density at radius 1 is 1.45 bits per heavy atom. The minimum Gasteiger partial charge on any atom is -0.368 e. The van der Waals surface area contributed by atoms with Crippen molar-refractivity contribution in [3.63, 3.8) is 0 Å². The van der Waals surface area contributed by atoms with Crippen molar-refractivity contribution in [1.29, 1.82) is 0 Å². The molecule has 1 aromatic carbocycles. The molecule has 0 saturated carbocycles. The standard InChI is InChI=1S/C11H9Cl2N5O2/c1-6-5-17(11(14)16-6)15-4-7-2-8(12)9(13)3-10(7)18(19)20/h2-5H,1H3,(H2,14,16). The van der Waals surface area contributed by atoms with Gasteiger partial charge in [0.15, 0.2) is 0 Å². The van der Waals surface area contributed by atoms with Crippen LogP contribution in [0.3, 0.4) is 0 Å². The number of nitrogens with zero attached hydrogens (tertiary/aromatic N) is 4. The number of rotatable bonds is 3. The minimum atomic E-state index is -0.563. The maximum absolute atomic E-state index is 11.0. The van der Waals surface area contributed by atoms with Crippen LogP contribution in [0.4, 0.5) is 11.6 Å². The van der Waals surface area contributed by atoms with E-state index in [1.165, 1.54) is 23.0 Å². The third-order valence-corrected chi connectivity index (χ3v) is 3.14. The molecule has 9 heteroatoms. The molecule has 0 aliphatic heterocycles. The Kier molecular flexibility index (Phi) is 3.91. The predicted molar refractivity (Wildman–Crippen MR) is 77.5 cm³/mol. The fourth-order valence-corrected chi connectivity index (χ4v) is 1.86. The normalized spacial score (nSPS) is 11.2. The van der Waals surface area contributed by atoms with E-state index in [1.807, 2.05) is 0 Å². The third-order valence-electron chi connectivity index (χ3n) is 2.42. The van der Waals surface area contributed by atoms with Gasteiger partial charge in [-0.05, 0) is 13.0 Å². The first-order valence-electron chi connectivity index (χ1n) is 5.37. The first-order valence-corrected chi connectivity index (χ1v) is 6.13. The molecule has 0 saturated heterocycles. The van der Waals surface area contributed by atoms with Crippen LogP contribution in [0.1, 0.15) is 11.3 Å². The second-order valence-corrected chi connectivity index (χ2v) is 4.73. The summed E-state index contributed by atoms with van der Waals surface area (Å²) in [5.41, 5.74) is 6.32. The number of aromatic nitrogens is 2. The van der Waals surface area contributed by atoms with Gasteiger partial charge in [0.25, 0.3) is 5.69 Å². The molecule has 0 unspecified atom stereocenters. The number of halogens is 2. The number of nitrogen functional groups attached to an aromatic ring is 1. The van der Waals surface area contributed by atoms with Crippen LogP contribution < -0.4 is 5.73 Å². The van der Waals surface area contributed by atoms with E-state index in [0.29, 0.717) is 5.69 Å². The number of aryl methyl sites for hydroxylation is 1. The average Bonchev–Trinajstić information content (AvgIpc) is 2.68. The molecule has 1 aromatic heterocycles. The lowest BCUT2D eigenvalue weighted by Gasteiger charge is -2.01. The molecule has 0 bridgehead atoms. The summed E-state index contributed by atoms with van der Waals surface area (Å²) in [5.74, 6) is 0.182. The Labute approximate surface area is 123 Å². The van der Waals surface area contributed by atoms with Crippen molar-refractivity contribution in [3.8, 4) is 0 Å². The Morgan fingerprint density at radius 2 is 2.10 bits per heavy atom. The molecule has 0 fully saturated rings. The van der Waals surface area contributed by atoms with E-state index in [2.05, 4.69) is 10.1 Å². The van der Waals surface area contributed by atoms with Crippen molar-refractivity contribution in [3.05, 3.63) is 49.7 Å². The highest BCUT2D eigenvalue weighted by atomic mass is 35.5. The van der Waals surface area contributed by atoms with Crippen molar-refractivity contribution in [2.75, 3.05) is 5.73 Å². The number of nitro benzene ring substituents is 1. The van der Waals surface area contributed by atoms with Gasteiger partial charge in [-0.25, -0.2) is 9.66 Å². The Hall–Kier alpha value is -2.12. The zero-order chi connectivity index (χ0) is 14.9. The molecule has 2 aromatic rings. The molecule has 0 radical (unpaired) electrons. The predicted octanol–water partition coefficient (Wildman–Crippen LogP) is 2.87. The Morgan fingerprint density at radius 3 is 2.65 bits per heavy atom. The summed E-state index contributed by atoms with van der Waals surface area (Å²) in [5, 5.41) is 15.3. The minimum absolute atomic E-state index is 0.105. The fraction of sp³-hybridized carbons (Fsp3) is 0.0909. The van der Waals surface area contributed by atoms with Gasteiger partial charge in [0.1, 0.15) is 0 Å². The van der Waals surface area contributed by atoms with Gasteiger partial charge >= 0.3 is 0 Å². The zero-order valence-corrected chi connectivity index (χ0v) is 11.8. The lowest BCUT2D eigenvalue weighted by molar-refractivity contribution is -0.385. The summed E-state index contributed by atoms with van der Waals surface area (Å²) < 4.78 is 1.31. The van der Waals surface area contributed by atoms with Crippen molar-refractivity contribution in [2.24, 2.45) is 5.10 Å². The smallest absolute Gasteiger partial charge is 0.279 e. The largest absolute Gasteiger partial charge is 0.368 e. The van der Waals surface area contributed by atoms with Crippen LogP contribution in [0, 0.1) is 17.0 Å². The molecular formula is C11H9Cl2N5O2. The Bertz CT molecular complexity index is 711. The molecule has 7 nitrogen and oxygen atoms in total. The number of hydrogen-bond donors (Lipinski definition) is 1. The molecule has 104 valence electrons. The number of anilines is 1. The van der Waals surface area contributed by atoms with Crippen LogP contribution in [0.25, 0.3) is 0 Å². The average molecular weight is 314 g/mol. The van der Waals surface area contributed by atoms with E-state index in [9.17, 15) is 10.1 Å². The van der Waals surface area contributed by atoms with Gasteiger partial charge in [0, 0.05) is 6.07 Å². The van der Waals surface area contributed by atoms with E-state index < -0.39 is 4.92 Å². The second-order valence-electron chi connectivity index (χ2n) is 3.91. The quantitative estimate of drug-likeness (QED) is 0.535. The second kappa shape index (κ2) is 5.48. The van der Waals surface area contributed by atoms with Crippen molar-refractivity contribution >= 4 is 41.1 Å². The van der Waals surface area contributed by atoms with Gasteiger partial charge in [-0.3, -0.25) is 10.1 Å². The number of imidazole rings is 1. The van der Waals surface area contributed by atoms with E-state index in [1.54, 1.807) is 13.1 Å². The van der Waals surface area contributed by atoms with E-state index in [-0.39, 0.29) is 27.2 Å². The summed E-state index contributed by atoms with van der Waals surface area (Å²) in [6.07, 6.45) is 2.87.